The molecule has 1 fully saturated rings. The first-order valence-electron chi connectivity index (χ1n) is 11.3. The Kier molecular flexibility index (Phi) is 6.44. The van der Waals surface area contributed by atoms with Crippen LogP contribution in [0.4, 0.5) is 8.78 Å². The van der Waals surface area contributed by atoms with Crippen LogP contribution in [0.1, 0.15) is 55.4 Å². The highest BCUT2D eigenvalue weighted by Crippen LogP contribution is 2.36. The minimum Gasteiger partial charge on any atom is -0.461 e. The second kappa shape index (κ2) is 9.03. The summed E-state index contributed by atoms with van der Waals surface area (Å²) < 4.78 is 38.9. The van der Waals surface area contributed by atoms with Gasteiger partial charge in [0.1, 0.15) is 22.9 Å². The van der Waals surface area contributed by atoms with Gasteiger partial charge in [-0.3, -0.25) is 4.79 Å². The van der Waals surface area contributed by atoms with Gasteiger partial charge in [0.05, 0.1) is 31.1 Å². The molecule has 1 aromatic heterocycles. The van der Waals surface area contributed by atoms with Crippen molar-refractivity contribution in [3.8, 4) is 11.1 Å². The first kappa shape index (κ1) is 24.2. The Morgan fingerprint density at radius 2 is 2.00 bits per heavy atom. The summed E-state index contributed by atoms with van der Waals surface area (Å²) >= 11 is 0. The van der Waals surface area contributed by atoms with E-state index in [1.165, 1.54) is 17.0 Å². The van der Waals surface area contributed by atoms with Crippen LogP contribution in [0, 0.1) is 11.6 Å². The van der Waals surface area contributed by atoms with Gasteiger partial charge in [0.15, 0.2) is 0 Å². The molecule has 1 aromatic carbocycles. The van der Waals surface area contributed by atoms with Gasteiger partial charge in [0.25, 0.3) is 5.91 Å². The van der Waals surface area contributed by atoms with Crippen molar-refractivity contribution in [3.05, 3.63) is 52.9 Å². The Morgan fingerprint density at radius 3 is 2.68 bits per heavy atom. The maximum absolute atomic E-state index is 14.7. The van der Waals surface area contributed by atoms with Gasteiger partial charge in [-0.2, -0.15) is 0 Å². The smallest absolute Gasteiger partial charge is 0.356 e. The van der Waals surface area contributed by atoms with E-state index in [9.17, 15) is 23.5 Å². The third-order valence-electron chi connectivity index (χ3n) is 6.30. The average molecular weight is 475 g/mol. The van der Waals surface area contributed by atoms with E-state index in [0.29, 0.717) is 23.2 Å². The molecule has 1 unspecified atom stereocenters. The van der Waals surface area contributed by atoms with Crippen molar-refractivity contribution in [1.82, 2.24) is 9.88 Å². The SMILES string of the molecule is CCOC(=O)c1cc(-c2ccc(F)cc2F)c2c(n1)CN(C(=O)C1(O)CCOC(C)(C)C1)CC2. The Morgan fingerprint density at radius 1 is 1.24 bits per heavy atom. The fourth-order valence-electron chi connectivity index (χ4n) is 4.79. The lowest BCUT2D eigenvalue weighted by molar-refractivity contribution is -0.179. The van der Waals surface area contributed by atoms with Crippen molar-refractivity contribution in [2.45, 2.75) is 57.8 Å². The van der Waals surface area contributed by atoms with E-state index in [1.807, 2.05) is 13.8 Å². The number of benzene rings is 1. The second-order valence-corrected chi connectivity index (χ2v) is 9.37. The number of esters is 1. The molecule has 2 aliphatic rings. The maximum atomic E-state index is 14.7. The zero-order chi connectivity index (χ0) is 24.7. The molecular formula is C25H28F2N2O5. The maximum Gasteiger partial charge on any atom is 0.356 e. The number of amides is 1. The molecule has 4 rings (SSSR count). The van der Waals surface area contributed by atoms with Crippen LogP contribution in [-0.4, -0.2) is 57.8 Å². The number of aromatic nitrogens is 1. The molecule has 2 aliphatic heterocycles. The first-order valence-corrected chi connectivity index (χ1v) is 11.3. The number of carbonyl (C=O) groups is 2. The van der Waals surface area contributed by atoms with Gasteiger partial charge in [-0.15, -0.1) is 0 Å². The molecule has 0 aliphatic carbocycles. The highest BCUT2D eigenvalue weighted by atomic mass is 19.1. The van der Waals surface area contributed by atoms with E-state index in [2.05, 4.69) is 4.98 Å². The van der Waals surface area contributed by atoms with E-state index < -0.39 is 34.7 Å². The number of pyridine rings is 1. The lowest BCUT2D eigenvalue weighted by Gasteiger charge is -2.43. The Balaban J connectivity index is 1.72. The molecule has 1 atom stereocenters. The predicted molar refractivity (Wildman–Crippen MR) is 119 cm³/mol. The molecule has 182 valence electrons. The summed E-state index contributed by atoms with van der Waals surface area (Å²) in [5, 5.41) is 11.1. The lowest BCUT2D eigenvalue weighted by atomic mass is 9.82. The van der Waals surface area contributed by atoms with Crippen molar-refractivity contribution in [1.29, 1.82) is 0 Å². The first-order chi connectivity index (χ1) is 16.0. The summed E-state index contributed by atoms with van der Waals surface area (Å²) in [4.78, 5) is 31.7. The van der Waals surface area contributed by atoms with E-state index in [1.54, 1.807) is 6.92 Å². The summed E-state index contributed by atoms with van der Waals surface area (Å²) in [6.07, 6.45) is 0.671. The Labute approximate surface area is 196 Å². The van der Waals surface area contributed by atoms with E-state index in [4.69, 9.17) is 9.47 Å². The monoisotopic (exact) mass is 474 g/mol. The molecule has 9 heteroatoms. The third-order valence-corrected chi connectivity index (χ3v) is 6.30. The van der Waals surface area contributed by atoms with Gasteiger partial charge >= 0.3 is 5.97 Å². The average Bonchev–Trinajstić information content (AvgIpc) is 2.77. The van der Waals surface area contributed by atoms with E-state index >= 15 is 0 Å². The molecule has 1 amide bonds. The Hall–Kier alpha value is -2.91. The quantitative estimate of drug-likeness (QED) is 0.684. The van der Waals surface area contributed by atoms with Gasteiger partial charge in [-0.05, 0) is 56.5 Å². The van der Waals surface area contributed by atoms with Gasteiger partial charge in [-0.1, -0.05) is 0 Å². The molecule has 0 saturated carbocycles. The third kappa shape index (κ3) is 4.67. The number of ether oxygens (including phenoxy) is 2. The van der Waals surface area contributed by atoms with Crippen LogP contribution in [0.5, 0.6) is 0 Å². The number of hydrogen-bond acceptors (Lipinski definition) is 6. The molecule has 0 bridgehead atoms. The number of nitrogens with zero attached hydrogens (tertiary/aromatic N) is 2. The molecule has 0 radical (unpaired) electrons. The van der Waals surface area contributed by atoms with Crippen LogP contribution in [-0.2, 0) is 27.2 Å². The zero-order valence-corrected chi connectivity index (χ0v) is 19.5. The fourth-order valence-corrected chi connectivity index (χ4v) is 4.79. The van der Waals surface area contributed by atoms with Crippen LogP contribution in [0.25, 0.3) is 11.1 Å². The molecule has 0 spiro atoms. The van der Waals surface area contributed by atoms with Gasteiger partial charge in [0.2, 0.25) is 0 Å². The highest BCUT2D eigenvalue weighted by molar-refractivity contribution is 5.90. The predicted octanol–water partition coefficient (Wildman–Crippen LogP) is 3.41. The van der Waals surface area contributed by atoms with Gasteiger partial charge in [-0.25, -0.2) is 18.6 Å². The van der Waals surface area contributed by atoms with Crippen LogP contribution < -0.4 is 0 Å². The van der Waals surface area contributed by atoms with Crippen molar-refractivity contribution < 1.29 is 33.0 Å². The standard InChI is InChI=1S/C25H28F2N2O5/c1-4-33-22(30)20-12-18(16-6-5-15(26)11-19(16)27)17-7-9-29(13-21(17)28-20)23(31)25(32)8-10-34-24(2,3)14-25/h5-6,11-12,32H,4,7-10,13-14H2,1-3H3. The number of carbonyl (C=O) groups excluding carboxylic acids is 2. The summed E-state index contributed by atoms with van der Waals surface area (Å²) in [6, 6.07) is 4.70. The second-order valence-electron chi connectivity index (χ2n) is 9.37. The molecule has 3 heterocycles. The van der Waals surface area contributed by atoms with E-state index in [0.717, 1.165) is 12.1 Å². The van der Waals surface area contributed by atoms with Crippen molar-refractivity contribution >= 4 is 11.9 Å². The minimum atomic E-state index is -1.57. The van der Waals surface area contributed by atoms with Crippen molar-refractivity contribution in [2.24, 2.45) is 0 Å². The van der Waals surface area contributed by atoms with Crippen molar-refractivity contribution in [2.75, 3.05) is 19.8 Å². The summed E-state index contributed by atoms with van der Waals surface area (Å²) in [7, 11) is 0. The van der Waals surface area contributed by atoms with Crippen LogP contribution in [0.2, 0.25) is 0 Å². The summed E-state index contributed by atoms with van der Waals surface area (Å²) in [5.41, 5.74) is -0.609. The number of rotatable bonds is 4. The van der Waals surface area contributed by atoms with Crippen molar-refractivity contribution in [3.63, 3.8) is 0 Å². The number of aliphatic hydroxyl groups is 1. The number of halogens is 2. The highest BCUT2D eigenvalue weighted by Gasteiger charge is 2.47. The molecule has 34 heavy (non-hydrogen) atoms. The molecule has 2 aromatic rings. The summed E-state index contributed by atoms with van der Waals surface area (Å²) in [5.74, 6) is -2.57. The fraction of sp³-hybridized carbons (Fsp3) is 0.480. The lowest BCUT2D eigenvalue weighted by Crippen LogP contribution is -2.56. The molecule has 7 nitrogen and oxygen atoms in total. The number of fused-ring (bicyclic) bond motifs is 1. The number of hydrogen-bond donors (Lipinski definition) is 1. The van der Waals surface area contributed by atoms with Crippen LogP contribution >= 0.6 is 0 Å². The minimum absolute atomic E-state index is 0.0282. The normalized spacial score (nSPS) is 21.6. The Bertz CT molecular complexity index is 1140. The molecule has 1 saturated heterocycles. The van der Waals surface area contributed by atoms with E-state index in [-0.39, 0.29) is 50.4 Å². The van der Waals surface area contributed by atoms with Crippen LogP contribution in [0.3, 0.4) is 0 Å². The largest absolute Gasteiger partial charge is 0.461 e. The summed E-state index contributed by atoms with van der Waals surface area (Å²) in [6.45, 7) is 6.03. The van der Waals surface area contributed by atoms with Gasteiger partial charge < -0.3 is 19.5 Å². The topological polar surface area (TPSA) is 89.0 Å². The van der Waals surface area contributed by atoms with Crippen LogP contribution in [0.15, 0.2) is 24.3 Å². The molecular weight excluding hydrogens is 446 g/mol. The molecule has 1 N–H and O–H groups in total. The zero-order valence-electron chi connectivity index (χ0n) is 19.5. The van der Waals surface area contributed by atoms with Gasteiger partial charge in [0, 0.05) is 31.0 Å².